The number of nitrogens with zero attached hydrogens (tertiary/aromatic N) is 1. The van der Waals surface area contributed by atoms with E-state index < -0.39 is 0 Å². The first-order valence-corrected chi connectivity index (χ1v) is 2.51. The molecular weight excluding hydrogens is 125 g/mol. The van der Waals surface area contributed by atoms with E-state index in [1.165, 1.54) is 21.1 Å². The van der Waals surface area contributed by atoms with Crippen molar-refractivity contribution in [2.24, 2.45) is 0 Å². The van der Waals surface area contributed by atoms with Crippen LogP contribution in [0.3, 0.4) is 0 Å². The number of amides is 1. The van der Waals surface area contributed by atoms with E-state index in [4.69, 9.17) is 0 Å². The van der Waals surface area contributed by atoms with E-state index in [2.05, 4.69) is 4.84 Å². The highest BCUT2D eigenvalue weighted by molar-refractivity contribution is 5.44. The zero-order valence-electron chi connectivity index (χ0n) is 5.93. The first kappa shape index (κ1) is 11.2. The minimum Gasteiger partial charge on any atom is -0.276 e. The molecule has 0 aromatic carbocycles. The van der Waals surface area contributed by atoms with Crippen molar-refractivity contribution in [1.82, 2.24) is 5.06 Å². The second-order valence-electron chi connectivity index (χ2n) is 1.10. The van der Waals surface area contributed by atoms with Gasteiger partial charge in [-0.25, -0.2) is 5.06 Å². The molecule has 0 atom stereocenters. The third kappa shape index (κ3) is 18.7. The number of hydrogen-bond acceptors (Lipinski definition) is 2. The van der Waals surface area contributed by atoms with Crippen molar-refractivity contribution in [1.29, 1.82) is 0 Å². The van der Waals surface area contributed by atoms with Gasteiger partial charge < -0.3 is 0 Å². The summed E-state index contributed by atoms with van der Waals surface area (Å²) in [5.74, 6) is 0. The summed E-state index contributed by atoms with van der Waals surface area (Å²) < 4.78 is 10.3. The van der Waals surface area contributed by atoms with Crippen molar-refractivity contribution < 1.29 is 14.0 Å². The van der Waals surface area contributed by atoms with Crippen LogP contribution in [0.5, 0.6) is 0 Å². The van der Waals surface area contributed by atoms with Crippen LogP contribution in [0, 0.1) is 0 Å². The fourth-order valence-corrected chi connectivity index (χ4v) is 0.0430. The van der Waals surface area contributed by atoms with Gasteiger partial charge in [-0.15, -0.1) is 0 Å². The molecule has 4 heteroatoms. The van der Waals surface area contributed by atoms with E-state index in [9.17, 15) is 9.18 Å². The molecular formula is C5H12FNO2. The topological polar surface area (TPSA) is 29.5 Å². The van der Waals surface area contributed by atoms with Crippen LogP contribution in [-0.2, 0) is 9.63 Å². The van der Waals surface area contributed by atoms with Crippen LogP contribution in [0.2, 0.25) is 0 Å². The van der Waals surface area contributed by atoms with Gasteiger partial charge in [-0.1, -0.05) is 0 Å². The van der Waals surface area contributed by atoms with Crippen molar-refractivity contribution in [3.05, 3.63) is 0 Å². The van der Waals surface area contributed by atoms with E-state index in [0.29, 0.717) is 6.41 Å². The summed E-state index contributed by atoms with van der Waals surface area (Å²) in [5, 5.41) is 1.07. The molecule has 0 heterocycles. The van der Waals surface area contributed by atoms with Gasteiger partial charge in [-0.3, -0.25) is 14.0 Å². The monoisotopic (exact) mass is 137 g/mol. The molecule has 0 saturated carbocycles. The SMILES string of the molecule is CCF.CON(C)C=O. The van der Waals surface area contributed by atoms with Crippen LogP contribution < -0.4 is 0 Å². The molecule has 0 rings (SSSR count). The second kappa shape index (κ2) is 10.4. The Morgan fingerprint density at radius 2 is 2.11 bits per heavy atom. The minimum absolute atomic E-state index is 0.250. The Labute approximate surface area is 54.4 Å². The maximum absolute atomic E-state index is 10.3. The Bertz CT molecular complexity index is 60.9. The quantitative estimate of drug-likeness (QED) is 0.412. The Balaban J connectivity index is 0. The molecule has 0 aromatic heterocycles. The number of halogens is 1. The Morgan fingerprint density at radius 3 is 2.11 bits per heavy atom. The first-order valence-electron chi connectivity index (χ1n) is 2.51. The lowest BCUT2D eigenvalue weighted by Crippen LogP contribution is -2.12. The predicted molar refractivity (Wildman–Crippen MR) is 32.5 cm³/mol. The zero-order valence-corrected chi connectivity index (χ0v) is 5.93. The molecule has 0 aromatic rings. The number of hydrogen-bond donors (Lipinski definition) is 0. The van der Waals surface area contributed by atoms with E-state index in [0.717, 1.165) is 5.06 Å². The summed E-state index contributed by atoms with van der Waals surface area (Å²) in [5.41, 5.74) is 0. The maximum atomic E-state index is 10.3. The van der Waals surface area contributed by atoms with Crippen LogP contribution in [0.15, 0.2) is 0 Å². The average Bonchev–Trinajstić information content (AvgIpc) is 1.88. The first-order chi connectivity index (χ1) is 4.22. The van der Waals surface area contributed by atoms with Gasteiger partial charge in [0.25, 0.3) is 0 Å². The van der Waals surface area contributed by atoms with Gasteiger partial charge in [0, 0.05) is 7.05 Å². The molecule has 0 bridgehead atoms. The lowest BCUT2D eigenvalue weighted by Gasteiger charge is -2.02. The molecule has 0 aliphatic rings. The molecule has 0 aliphatic heterocycles. The van der Waals surface area contributed by atoms with Crippen molar-refractivity contribution in [2.45, 2.75) is 6.92 Å². The van der Waals surface area contributed by atoms with E-state index in [-0.39, 0.29) is 6.67 Å². The number of rotatable bonds is 2. The summed E-state index contributed by atoms with van der Waals surface area (Å²) in [4.78, 5) is 13.9. The van der Waals surface area contributed by atoms with E-state index in [1.807, 2.05) is 0 Å². The fraction of sp³-hybridized carbons (Fsp3) is 0.800. The molecule has 9 heavy (non-hydrogen) atoms. The van der Waals surface area contributed by atoms with Crippen molar-refractivity contribution in [2.75, 3.05) is 20.8 Å². The third-order valence-corrected chi connectivity index (χ3v) is 0.436. The Hall–Kier alpha value is -0.640. The molecule has 56 valence electrons. The molecule has 3 nitrogen and oxygen atoms in total. The number of alkyl halides is 1. The highest BCUT2D eigenvalue weighted by Crippen LogP contribution is 1.66. The molecule has 0 N–H and O–H groups in total. The van der Waals surface area contributed by atoms with Gasteiger partial charge in [-0.05, 0) is 6.92 Å². The summed E-state index contributed by atoms with van der Waals surface area (Å²) in [6, 6.07) is 0. The second-order valence-corrected chi connectivity index (χ2v) is 1.10. The minimum atomic E-state index is -0.250. The molecule has 0 radical (unpaired) electrons. The molecule has 1 amide bonds. The Morgan fingerprint density at radius 1 is 1.78 bits per heavy atom. The van der Waals surface area contributed by atoms with Gasteiger partial charge in [0.15, 0.2) is 0 Å². The van der Waals surface area contributed by atoms with Crippen LogP contribution in [0.1, 0.15) is 6.92 Å². The Kier molecular flexibility index (Phi) is 12.9. The predicted octanol–water partition coefficient (Wildman–Crippen LogP) is 0.612. The van der Waals surface area contributed by atoms with Crippen molar-refractivity contribution in [3.63, 3.8) is 0 Å². The molecule has 0 fully saturated rings. The molecule has 0 aliphatic carbocycles. The standard InChI is InChI=1S/C3H7NO2.C2H5F/c1-4(3-5)6-2;1-2-3/h3H,1-2H3;2H2,1H3. The third-order valence-electron chi connectivity index (χ3n) is 0.436. The average molecular weight is 137 g/mol. The van der Waals surface area contributed by atoms with Crippen molar-refractivity contribution >= 4 is 6.41 Å². The summed E-state index contributed by atoms with van der Waals surface area (Å²) >= 11 is 0. The smallest absolute Gasteiger partial charge is 0.233 e. The lowest BCUT2D eigenvalue weighted by atomic mass is 10.9. The number of carbonyl (C=O) groups is 1. The normalized spacial score (nSPS) is 7.11. The zero-order chi connectivity index (χ0) is 7.70. The van der Waals surface area contributed by atoms with Crippen LogP contribution in [0.25, 0.3) is 0 Å². The lowest BCUT2D eigenvalue weighted by molar-refractivity contribution is -0.153. The number of carbonyl (C=O) groups excluding carboxylic acids is 1. The van der Waals surface area contributed by atoms with E-state index in [1.54, 1.807) is 0 Å². The van der Waals surface area contributed by atoms with Crippen LogP contribution in [0.4, 0.5) is 4.39 Å². The van der Waals surface area contributed by atoms with Gasteiger partial charge in [-0.2, -0.15) is 0 Å². The van der Waals surface area contributed by atoms with E-state index >= 15 is 0 Å². The molecule has 0 saturated heterocycles. The molecule has 0 unspecified atom stereocenters. The van der Waals surface area contributed by atoms with Gasteiger partial charge >= 0.3 is 0 Å². The largest absolute Gasteiger partial charge is 0.276 e. The highest BCUT2D eigenvalue weighted by Gasteiger charge is 1.79. The number of hydroxylamine groups is 2. The summed E-state index contributed by atoms with van der Waals surface area (Å²) in [6.45, 7) is 1.21. The van der Waals surface area contributed by atoms with Crippen molar-refractivity contribution in [3.8, 4) is 0 Å². The fourth-order valence-electron chi connectivity index (χ4n) is 0.0430. The van der Waals surface area contributed by atoms with Crippen LogP contribution in [-0.4, -0.2) is 32.3 Å². The summed E-state index contributed by atoms with van der Waals surface area (Å²) in [7, 11) is 2.95. The summed E-state index contributed by atoms with van der Waals surface area (Å²) in [6.07, 6.45) is 0.583. The molecule has 0 spiro atoms. The highest BCUT2D eigenvalue weighted by atomic mass is 19.1. The maximum Gasteiger partial charge on any atom is 0.233 e. The van der Waals surface area contributed by atoms with Gasteiger partial charge in [0.2, 0.25) is 6.41 Å². The van der Waals surface area contributed by atoms with Gasteiger partial charge in [0.1, 0.15) is 0 Å². The van der Waals surface area contributed by atoms with Gasteiger partial charge in [0.05, 0.1) is 13.8 Å². The van der Waals surface area contributed by atoms with Crippen LogP contribution >= 0.6 is 0 Å².